The fourth-order valence-corrected chi connectivity index (χ4v) is 5.13. The smallest absolute Gasteiger partial charge is 0.271 e. The maximum absolute atomic E-state index is 12.6. The Kier molecular flexibility index (Phi) is 14.9. The zero-order valence-electron chi connectivity index (χ0n) is 30.6. The number of aromatic nitrogens is 2. The molecule has 2 heterocycles. The number of ether oxygens (including phenoxy) is 1. The molecule has 0 saturated carbocycles. The van der Waals surface area contributed by atoms with Gasteiger partial charge in [-0.3, -0.25) is 39.0 Å². The third-order valence-corrected chi connectivity index (χ3v) is 8.06. The van der Waals surface area contributed by atoms with Crippen LogP contribution in [0.4, 0.5) is 34.1 Å². The zero-order chi connectivity index (χ0) is 42.0. The summed E-state index contributed by atoms with van der Waals surface area (Å²) in [7, 11) is 1.32. The van der Waals surface area contributed by atoms with Crippen LogP contribution in [0.3, 0.4) is 0 Å². The van der Waals surface area contributed by atoms with Crippen LogP contribution < -0.4 is 15.9 Å². The van der Waals surface area contributed by atoms with E-state index in [0.717, 1.165) is 41.0 Å². The molecule has 21 heteroatoms. The minimum absolute atomic E-state index is 0. The predicted octanol–water partition coefficient (Wildman–Crippen LogP) is 7.06. The minimum atomic E-state index is -0.687. The molecule has 1 radical (unpaired) electrons. The molecular formula is C37H30CoN10O10. The molecule has 0 atom stereocenters. The van der Waals surface area contributed by atoms with E-state index >= 15 is 0 Å². The van der Waals surface area contributed by atoms with Gasteiger partial charge in [-0.2, -0.15) is 10.5 Å². The van der Waals surface area contributed by atoms with Crippen molar-refractivity contribution in [2.75, 3.05) is 7.11 Å². The first-order valence-electron chi connectivity index (χ1n) is 16.2. The quantitative estimate of drug-likeness (QED) is 0.0521. The van der Waals surface area contributed by atoms with Gasteiger partial charge >= 0.3 is 0 Å². The standard InChI is InChI=1S/C20H15N5O5.C17H15N5O5.Co/c1-12-15(10-21)19(27)24(11-13-5-3-2-4-6-13)20(28)18(12)23-22-16-9-14(25(29)30)7-8-17(16)26;1-4-7-21-16(24)12(9-18)10(2)15(17(21)27-3)20-19-13-8-11(22(25)26)5-6-14(13)23;/h2-9,26,28H,11H2,1H3;4-6,8,23H,1,7H2,2-3H3;. The number of hydrogen-bond donors (Lipinski definition) is 3. The van der Waals surface area contributed by atoms with Gasteiger partial charge < -0.3 is 20.1 Å². The van der Waals surface area contributed by atoms with Crippen LogP contribution >= 0.6 is 0 Å². The molecule has 5 aromatic rings. The number of hydrogen-bond acceptors (Lipinski definition) is 16. The van der Waals surface area contributed by atoms with E-state index in [1.54, 1.807) is 36.4 Å². The number of pyridine rings is 2. The van der Waals surface area contributed by atoms with Gasteiger partial charge in [-0.05, 0) is 31.5 Å². The van der Waals surface area contributed by atoms with Gasteiger partial charge in [0.05, 0.1) is 23.5 Å². The third-order valence-electron chi connectivity index (χ3n) is 8.06. The molecule has 0 aliphatic heterocycles. The predicted molar refractivity (Wildman–Crippen MR) is 202 cm³/mol. The molecule has 0 bridgehead atoms. The molecule has 297 valence electrons. The first-order chi connectivity index (χ1) is 27.2. The number of nitrogens with zero attached hydrogens (tertiary/aromatic N) is 10. The van der Waals surface area contributed by atoms with Crippen molar-refractivity contribution in [2.45, 2.75) is 26.9 Å². The molecule has 58 heavy (non-hydrogen) atoms. The van der Waals surface area contributed by atoms with Crippen molar-refractivity contribution < 1.29 is 46.7 Å². The number of nitro benzene ring substituents is 2. The summed E-state index contributed by atoms with van der Waals surface area (Å²) in [6, 6.07) is 19.0. The molecule has 0 amide bonds. The fraction of sp³-hybridized carbons (Fsp3) is 0.135. The van der Waals surface area contributed by atoms with Crippen LogP contribution in [-0.2, 0) is 29.9 Å². The van der Waals surface area contributed by atoms with Gasteiger partial charge in [0.2, 0.25) is 11.8 Å². The Morgan fingerprint density at radius 1 is 0.776 bits per heavy atom. The largest absolute Gasteiger partial charge is 0.506 e. The van der Waals surface area contributed by atoms with Gasteiger partial charge in [-0.1, -0.05) is 36.4 Å². The monoisotopic (exact) mass is 833 g/mol. The molecule has 0 saturated heterocycles. The molecule has 20 nitrogen and oxygen atoms in total. The zero-order valence-corrected chi connectivity index (χ0v) is 31.6. The molecule has 0 unspecified atom stereocenters. The molecule has 0 fully saturated rings. The first-order valence-corrected chi connectivity index (χ1v) is 16.2. The maximum Gasteiger partial charge on any atom is 0.271 e. The van der Waals surface area contributed by atoms with E-state index in [0.29, 0.717) is 5.56 Å². The second-order valence-electron chi connectivity index (χ2n) is 11.6. The van der Waals surface area contributed by atoms with E-state index in [9.17, 15) is 55.7 Å². The van der Waals surface area contributed by atoms with Gasteiger partial charge in [-0.25, -0.2) is 0 Å². The number of methoxy groups -OCH3 is 1. The summed E-state index contributed by atoms with van der Waals surface area (Å²) in [6.07, 6.45) is 1.45. The number of nitro groups is 2. The first kappa shape index (κ1) is 44.4. The topological polar surface area (TPSA) is 297 Å². The van der Waals surface area contributed by atoms with Crippen LogP contribution in [0.1, 0.15) is 27.8 Å². The number of phenolic OH excluding ortho intramolecular Hbond substituents is 2. The Labute approximate surface area is 337 Å². The Balaban J connectivity index is 0.000000307. The molecule has 0 spiro atoms. The average molecular weight is 834 g/mol. The molecule has 0 aliphatic carbocycles. The van der Waals surface area contributed by atoms with Crippen LogP contribution in [-0.4, -0.2) is 41.4 Å². The van der Waals surface area contributed by atoms with E-state index in [1.807, 2.05) is 6.07 Å². The Bertz CT molecular complexity index is 2680. The number of non-ortho nitro benzene ring substituents is 2. The van der Waals surface area contributed by atoms with Gasteiger partial charge in [0.25, 0.3) is 22.5 Å². The van der Waals surface area contributed by atoms with E-state index < -0.39 is 26.8 Å². The SMILES string of the molecule is C=CCn1c(OC)c(N=Nc2cc([N+](=O)[O-])ccc2O)c(C)c(C#N)c1=O.Cc1c(N=Nc2cc([N+](=O)[O-])ccc2O)c(O)n(Cc2ccccc2)c(=O)c1C#N.[Co]. The summed E-state index contributed by atoms with van der Waals surface area (Å²) in [5.74, 6) is -1.15. The summed E-state index contributed by atoms with van der Waals surface area (Å²) < 4.78 is 7.41. The van der Waals surface area contributed by atoms with E-state index in [1.165, 1.54) is 31.6 Å². The van der Waals surface area contributed by atoms with Gasteiger partial charge in [0.15, 0.2) is 11.4 Å². The number of benzene rings is 3. The summed E-state index contributed by atoms with van der Waals surface area (Å²) in [4.78, 5) is 45.6. The number of azo groups is 2. The molecule has 3 N–H and O–H groups in total. The van der Waals surface area contributed by atoms with E-state index in [4.69, 9.17) is 4.74 Å². The Morgan fingerprint density at radius 2 is 1.24 bits per heavy atom. The normalized spacial score (nSPS) is 10.5. The number of nitriles is 2. The van der Waals surface area contributed by atoms with E-state index in [2.05, 4.69) is 27.0 Å². The van der Waals surface area contributed by atoms with Crippen molar-refractivity contribution in [2.24, 2.45) is 20.5 Å². The second kappa shape index (κ2) is 19.5. The van der Waals surface area contributed by atoms with Gasteiger partial charge in [0.1, 0.15) is 46.1 Å². The van der Waals surface area contributed by atoms with Crippen molar-refractivity contribution in [3.05, 3.63) is 148 Å². The van der Waals surface area contributed by atoms with Crippen molar-refractivity contribution >= 4 is 34.1 Å². The van der Waals surface area contributed by atoms with Crippen LogP contribution in [0, 0.1) is 56.7 Å². The molecule has 0 aliphatic rings. The number of allylic oxidation sites excluding steroid dienone is 1. The van der Waals surface area contributed by atoms with Crippen LogP contribution in [0.5, 0.6) is 23.3 Å². The van der Waals surface area contributed by atoms with Gasteiger partial charge in [0, 0.05) is 58.7 Å². The van der Waals surface area contributed by atoms with Crippen LogP contribution in [0.25, 0.3) is 0 Å². The Morgan fingerprint density at radius 3 is 1.69 bits per heavy atom. The number of rotatable bonds is 11. The molecule has 3 aromatic carbocycles. The molecule has 5 rings (SSSR count). The molecular weight excluding hydrogens is 803 g/mol. The van der Waals surface area contributed by atoms with Crippen molar-refractivity contribution in [1.82, 2.24) is 9.13 Å². The van der Waals surface area contributed by atoms with Crippen LogP contribution in [0.15, 0.2) is 109 Å². The number of aromatic hydroxyl groups is 3. The van der Waals surface area contributed by atoms with E-state index in [-0.39, 0.29) is 104 Å². The second-order valence-corrected chi connectivity index (χ2v) is 11.6. The average Bonchev–Trinajstić information content (AvgIpc) is 3.19. The Hall–Kier alpha value is -8.01. The summed E-state index contributed by atoms with van der Waals surface area (Å²) in [6.45, 7) is 6.55. The van der Waals surface area contributed by atoms with Crippen molar-refractivity contribution in [1.29, 1.82) is 10.5 Å². The third kappa shape index (κ3) is 9.61. The summed E-state index contributed by atoms with van der Waals surface area (Å²) in [5.41, 5.74) is -1.60. The van der Waals surface area contributed by atoms with Crippen molar-refractivity contribution in [3.8, 4) is 35.4 Å². The minimum Gasteiger partial charge on any atom is -0.506 e. The molecule has 2 aromatic heterocycles. The van der Waals surface area contributed by atoms with Gasteiger partial charge in [-0.15, -0.1) is 27.0 Å². The summed E-state index contributed by atoms with van der Waals surface area (Å²) >= 11 is 0. The number of phenols is 2. The maximum atomic E-state index is 12.6. The fourth-order valence-electron chi connectivity index (χ4n) is 5.13. The van der Waals surface area contributed by atoms with Crippen LogP contribution in [0.2, 0.25) is 0 Å². The van der Waals surface area contributed by atoms with Crippen molar-refractivity contribution in [3.63, 3.8) is 0 Å². The summed E-state index contributed by atoms with van der Waals surface area (Å²) in [5, 5.41) is 86.3.